The molecule has 0 aromatic heterocycles. The van der Waals surface area contributed by atoms with E-state index in [0.29, 0.717) is 6.42 Å². The maximum atomic E-state index is 11.8. The van der Waals surface area contributed by atoms with Crippen molar-refractivity contribution in [3.05, 3.63) is 65.7 Å². The van der Waals surface area contributed by atoms with Crippen molar-refractivity contribution in [2.45, 2.75) is 27.2 Å². The molecule has 0 bridgehead atoms. The van der Waals surface area contributed by atoms with E-state index in [2.05, 4.69) is 5.32 Å². The van der Waals surface area contributed by atoms with Gasteiger partial charge in [0.1, 0.15) is 0 Å². The van der Waals surface area contributed by atoms with Crippen molar-refractivity contribution in [3.63, 3.8) is 0 Å². The Labute approximate surface area is 115 Å². The van der Waals surface area contributed by atoms with Gasteiger partial charge in [0.2, 0.25) is 5.91 Å². The number of aryl methyl sites for hydroxylation is 1. The summed E-state index contributed by atoms with van der Waals surface area (Å²) in [5, 5.41) is 2.89. The quantitative estimate of drug-likeness (QED) is 0.875. The number of benzene rings is 2. The number of nitrogens with one attached hydrogen (secondary N) is 1. The summed E-state index contributed by atoms with van der Waals surface area (Å²) < 4.78 is 0. The maximum Gasteiger partial charge on any atom is 0.228 e. The van der Waals surface area contributed by atoms with Crippen LogP contribution in [-0.4, -0.2) is 5.91 Å². The monoisotopic (exact) mass is 255 g/mol. The zero-order valence-corrected chi connectivity index (χ0v) is 11.8. The summed E-state index contributed by atoms with van der Waals surface area (Å²) in [6.07, 6.45) is 0.411. The molecule has 0 fully saturated rings. The lowest BCUT2D eigenvalue weighted by atomic mass is 10.1. The molecule has 0 spiro atoms. The van der Waals surface area contributed by atoms with Gasteiger partial charge in [0.05, 0.1) is 6.42 Å². The largest absolute Gasteiger partial charge is 0.326 e. The second kappa shape index (κ2) is 8.09. The Morgan fingerprint density at radius 2 is 1.68 bits per heavy atom. The van der Waals surface area contributed by atoms with E-state index in [0.717, 1.165) is 16.8 Å². The Balaban J connectivity index is 0.000000861. The van der Waals surface area contributed by atoms with E-state index in [-0.39, 0.29) is 5.91 Å². The van der Waals surface area contributed by atoms with E-state index >= 15 is 0 Å². The van der Waals surface area contributed by atoms with Gasteiger partial charge < -0.3 is 5.32 Å². The second-order valence-electron chi connectivity index (χ2n) is 4.08. The van der Waals surface area contributed by atoms with Crippen LogP contribution in [0.1, 0.15) is 25.0 Å². The van der Waals surface area contributed by atoms with Gasteiger partial charge in [-0.1, -0.05) is 56.3 Å². The highest BCUT2D eigenvalue weighted by atomic mass is 16.1. The Bertz CT molecular complexity index is 506. The van der Waals surface area contributed by atoms with E-state index in [1.165, 1.54) is 0 Å². The van der Waals surface area contributed by atoms with E-state index < -0.39 is 0 Å². The summed E-state index contributed by atoms with van der Waals surface area (Å²) in [4.78, 5) is 11.8. The van der Waals surface area contributed by atoms with Gasteiger partial charge in [-0.25, -0.2) is 0 Å². The molecule has 0 radical (unpaired) electrons. The van der Waals surface area contributed by atoms with Gasteiger partial charge in [-0.15, -0.1) is 0 Å². The first kappa shape index (κ1) is 15.0. The van der Waals surface area contributed by atoms with Crippen LogP contribution in [0.15, 0.2) is 54.6 Å². The van der Waals surface area contributed by atoms with Gasteiger partial charge >= 0.3 is 0 Å². The number of carbonyl (C=O) groups excluding carboxylic acids is 1. The van der Waals surface area contributed by atoms with Crippen molar-refractivity contribution >= 4 is 11.6 Å². The van der Waals surface area contributed by atoms with E-state index in [1.54, 1.807) is 0 Å². The topological polar surface area (TPSA) is 29.1 Å². The summed E-state index contributed by atoms with van der Waals surface area (Å²) in [5.74, 6) is 0.0156. The smallest absolute Gasteiger partial charge is 0.228 e. The fourth-order valence-corrected chi connectivity index (χ4v) is 1.71. The van der Waals surface area contributed by atoms with Crippen LogP contribution in [-0.2, 0) is 11.2 Å². The highest BCUT2D eigenvalue weighted by Crippen LogP contribution is 2.10. The van der Waals surface area contributed by atoms with Crippen LogP contribution in [0, 0.1) is 6.92 Å². The molecule has 0 unspecified atom stereocenters. The minimum Gasteiger partial charge on any atom is -0.326 e. The van der Waals surface area contributed by atoms with Crippen molar-refractivity contribution in [1.29, 1.82) is 0 Å². The lowest BCUT2D eigenvalue weighted by Gasteiger charge is -2.05. The van der Waals surface area contributed by atoms with Crippen molar-refractivity contribution in [2.75, 3.05) is 5.32 Å². The number of rotatable bonds is 3. The molecule has 0 heterocycles. The highest BCUT2D eigenvalue weighted by Gasteiger charge is 2.03. The zero-order valence-electron chi connectivity index (χ0n) is 11.8. The first-order chi connectivity index (χ1) is 9.24. The molecule has 0 aliphatic carbocycles. The Hall–Kier alpha value is -2.09. The van der Waals surface area contributed by atoms with Gasteiger partial charge in [0.15, 0.2) is 0 Å². The molecule has 2 heteroatoms. The predicted octanol–water partition coefficient (Wildman–Crippen LogP) is 4.20. The molecule has 2 aromatic carbocycles. The second-order valence-corrected chi connectivity index (χ2v) is 4.08. The lowest BCUT2D eigenvalue weighted by molar-refractivity contribution is -0.115. The molecule has 0 aliphatic rings. The zero-order chi connectivity index (χ0) is 14.1. The lowest BCUT2D eigenvalue weighted by Crippen LogP contribution is -2.14. The molecule has 19 heavy (non-hydrogen) atoms. The number of hydrogen-bond donors (Lipinski definition) is 1. The van der Waals surface area contributed by atoms with Gasteiger partial charge in [-0.05, 0) is 30.2 Å². The summed E-state index contributed by atoms with van der Waals surface area (Å²) >= 11 is 0. The third-order valence-corrected chi connectivity index (χ3v) is 2.51. The fraction of sp³-hybridized carbons (Fsp3) is 0.235. The van der Waals surface area contributed by atoms with Crippen LogP contribution in [0.2, 0.25) is 0 Å². The van der Waals surface area contributed by atoms with Gasteiger partial charge in [-0.2, -0.15) is 0 Å². The van der Waals surface area contributed by atoms with Crippen LogP contribution in [0.25, 0.3) is 0 Å². The van der Waals surface area contributed by atoms with Crippen LogP contribution in [0.4, 0.5) is 5.69 Å². The molecule has 2 nitrogen and oxygen atoms in total. The standard InChI is InChI=1S/C15H15NO.C2H6/c1-12-6-5-9-14(10-12)16-15(17)11-13-7-3-2-4-8-13;1-2/h2-10H,11H2,1H3,(H,16,17);1-2H3. The van der Waals surface area contributed by atoms with Gasteiger partial charge in [-0.3, -0.25) is 4.79 Å². The summed E-state index contributed by atoms with van der Waals surface area (Å²) in [5.41, 5.74) is 3.02. The summed E-state index contributed by atoms with van der Waals surface area (Å²) in [6.45, 7) is 6.01. The first-order valence-electron chi connectivity index (χ1n) is 6.64. The third-order valence-electron chi connectivity index (χ3n) is 2.51. The van der Waals surface area contributed by atoms with Crippen LogP contribution in [0.5, 0.6) is 0 Å². The molecule has 1 amide bonds. The molecule has 2 aromatic rings. The molecular formula is C17H21NO. The molecule has 1 N–H and O–H groups in total. The van der Waals surface area contributed by atoms with Crippen molar-refractivity contribution in [2.24, 2.45) is 0 Å². The predicted molar refractivity (Wildman–Crippen MR) is 81.3 cm³/mol. The van der Waals surface area contributed by atoms with E-state index in [4.69, 9.17) is 0 Å². The molecular weight excluding hydrogens is 234 g/mol. The average molecular weight is 255 g/mol. The van der Waals surface area contributed by atoms with Crippen molar-refractivity contribution in [1.82, 2.24) is 0 Å². The van der Waals surface area contributed by atoms with Gasteiger partial charge in [0, 0.05) is 5.69 Å². The first-order valence-corrected chi connectivity index (χ1v) is 6.64. The van der Waals surface area contributed by atoms with Crippen LogP contribution >= 0.6 is 0 Å². The van der Waals surface area contributed by atoms with Crippen LogP contribution < -0.4 is 5.32 Å². The van der Waals surface area contributed by atoms with Crippen molar-refractivity contribution < 1.29 is 4.79 Å². The van der Waals surface area contributed by atoms with Gasteiger partial charge in [0.25, 0.3) is 0 Å². The summed E-state index contributed by atoms with van der Waals surface area (Å²) in [7, 11) is 0. The normalized spacial score (nSPS) is 9.21. The Morgan fingerprint density at radius 1 is 1.00 bits per heavy atom. The molecule has 0 atom stereocenters. The number of anilines is 1. The Kier molecular flexibility index (Phi) is 6.37. The fourth-order valence-electron chi connectivity index (χ4n) is 1.71. The van der Waals surface area contributed by atoms with E-state index in [9.17, 15) is 4.79 Å². The summed E-state index contributed by atoms with van der Waals surface area (Å²) in [6, 6.07) is 17.5. The van der Waals surface area contributed by atoms with Crippen LogP contribution in [0.3, 0.4) is 0 Å². The molecule has 100 valence electrons. The molecule has 0 aliphatic heterocycles. The minimum absolute atomic E-state index is 0.0156. The average Bonchev–Trinajstić information content (AvgIpc) is 2.42. The SMILES string of the molecule is CC.Cc1cccc(NC(=O)Cc2ccccc2)c1. The Morgan fingerprint density at radius 3 is 2.32 bits per heavy atom. The minimum atomic E-state index is 0.0156. The molecule has 0 saturated heterocycles. The third kappa shape index (κ3) is 5.38. The number of carbonyl (C=O) groups is 1. The maximum absolute atomic E-state index is 11.8. The van der Waals surface area contributed by atoms with E-state index in [1.807, 2.05) is 75.4 Å². The molecule has 2 rings (SSSR count). The molecule has 0 saturated carbocycles. The number of amides is 1. The number of hydrogen-bond acceptors (Lipinski definition) is 1. The van der Waals surface area contributed by atoms with Crippen molar-refractivity contribution in [3.8, 4) is 0 Å². The highest BCUT2D eigenvalue weighted by molar-refractivity contribution is 5.92.